The fourth-order valence-electron chi connectivity index (χ4n) is 1.89. The number of rotatable bonds is 6. The third-order valence-corrected chi connectivity index (χ3v) is 3.01. The molecule has 22 heavy (non-hydrogen) atoms. The van der Waals surface area contributed by atoms with E-state index in [0.717, 1.165) is 0 Å². The van der Waals surface area contributed by atoms with Crippen molar-refractivity contribution < 1.29 is 14.3 Å². The maximum Gasteiger partial charge on any atom is 0.255 e. The molecule has 1 N–H and O–H groups in total. The second kappa shape index (κ2) is 7.50. The molecule has 0 saturated carbocycles. The zero-order chi connectivity index (χ0) is 15.9. The number of hydrogen-bond acceptors (Lipinski definition) is 3. The number of carbonyl (C=O) groups excluding carboxylic acids is 1. The summed E-state index contributed by atoms with van der Waals surface area (Å²) in [6.07, 6.45) is 0. The van der Waals surface area contributed by atoms with Crippen LogP contribution in [0.2, 0.25) is 0 Å². The summed E-state index contributed by atoms with van der Waals surface area (Å²) in [6.45, 7) is 4.79. The molecule has 0 unspecified atom stereocenters. The van der Waals surface area contributed by atoms with Crippen LogP contribution in [0, 0.1) is 5.92 Å². The van der Waals surface area contributed by atoms with Gasteiger partial charge >= 0.3 is 0 Å². The molecule has 116 valence electrons. The molecule has 0 aliphatic heterocycles. The van der Waals surface area contributed by atoms with E-state index in [9.17, 15) is 4.79 Å². The summed E-state index contributed by atoms with van der Waals surface area (Å²) >= 11 is 0. The highest BCUT2D eigenvalue weighted by Crippen LogP contribution is 2.19. The summed E-state index contributed by atoms with van der Waals surface area (Å²) in [5.74, 6) is 1.66. The van der Waals surface area contributed by atoms with E-state index in [4.69, 9.17) is 9.47 Å². The summed E-state index contributed by atoms with van der Waals surface area (Å²) in [5.41, 5.74) is 1.25. The van der Waals surface area contributed by atoms with Crippen molar-refractivity contribution >= 4 is 11.6 Å². The number of amides is 1. The number of hydrogen-bond donors (Lipinski definition) is 1. The molecule has 4 heteroatoms. The number of benzene rings is 2. The molecule has 0 aromatic heterocycles. The highest BCUT2D eigenvalue weighted by atomic mass is 16.5. The van der Waals surface area contributed by atoms with Gasteiger partial charge < -0.3 is 14.8 Å². The fraction of sp³-hybridized carbons (Fsp3) is 0.278. The second-order valence-electron chi connectivity index (χ2n) is 5.42. The highest BCUT2D eigenvalue weighted by Gasteiger charge is 2.08. The molecule has 2 aromatic carbocycles. The van der Waals surface area contributed by atoms with E-state index in [0.29, 0.717) is 35.3 Å². The van der Waals surface area contributed by atoms with E-state index in [1.807, 2.05) is 30.3 Å². The summed E-state index contributed by atoms with van der Waals surface area (Å²) in [4.78, 5) is 12.3. The first-order valence-electron chi connectivity index (χ1n) is 7.26. The Morgan fingerprint density at radius 1 is 1.09 bits per heavy atom. The van der Waals surface area contributed by atoms with Crippen molar-refractivity contribution in [2.24, 2.45) is 5.92 Å². The van der Waals surface area contributed by atoms with E-state index in [2.05, 4.69) is 19.2 Å². The summed E-state index contributed by atoms with van der Waals surface area (Å²) in [6, 6.07) is 14.4. The van der Waals surface area contributed by atoms with E-state index < -0.39 is 0 Å². The fourth-order valence-corrected chi connectivity index (χ4v) is 1.89. The van der Waals surface area contributed by atoms with Crippen LogP contribution in [0.3, 0.4) is 0 Å². The Bertz CT molecular complexity index is 638. The highest BCUT2D eigenvalue weighted by molar-refractivity contribution is 6.04. The van der Waals surface area contributed by atoms with Gasteiger partial charge in [0.15, 0.2) is 0 Å². The van der Waals surface area contributed by atoms with Crippen LogP contribution in [-0.2, 0) is 0 Å². The molecule has 0 heterocycles. The third-order valence-electron chi connectivity index (χ3n) is 3.01. The van der Waals surface area contributed by atoms with E-state index in [-0.39, 0.29) is 5.91 Å². The Hall–Kier alpha value is -2.49. The van der Waals surface area contributed by atoms with E-state index in [1.165, 1.54) is 0 Å². The molecule has 0 radical (unpaired) electrons. The minimum atomic E-state index is -0.178. The molecule has 0 spiro atoms. The topological polar surface area (TPSA) is 47.6 Å². The van der Waals surface area contributed by atoms with Crippen LogP contribution in [0.1, 0.15) is 24.2 Å². The van der Waals surface area contributed by atoms with Gasteiger partial charge in [-0.3, -0.25) is 4.79 Å². The Morgan fingerprint density at radius 3 is 2.55 bits per heavy atom. The molecular formula is C18H21NO3. The quantitative estimate of drug-likeness (QED) is 0.877. The second-order valence-corrected chi connectivity index (χ2v) is 5.42. The molecule has 2 aromatic rings. The predicted octanol–water partition coefficient (Wildman–Crippen LogP) is 3.98. The van der Waals surface area contributed by atoms with E-state index >= 15 is 0 Å². The summed E-state index contributed by atoms with van der Waals surface area (Å²) in [5, 5.41) is 2.85. The van der Waals surface area contributed by atoms with Crippen molar-refractivity contribution in [2.75, 3.05) is 19.0 Å². The average Bonchev–Trinajstić information content (AvgIpc) is 2.53. The largest absolute Gasteiger partial charge is 0.497 e. The molecule has 0 atom stereocenters. The van der Waals surface area contributed by atoms with Crippen LogP contribution in [0.15, 0.2) is 48.5 Å². The third kappa shape index (κ3) is 4.52. The van der Waals surface area contributed by atoms with Gasteiger partial charge in [-0.1, -0.05) is 26.0 Å². The monoisotopic (exact) mass is 299 g/mol. The first-order valence-corrected chi connectivity index (χ1v) is 7.26. The molecule has 0 bridgehead atoms. The average molecular weight is 299 g/mol. The maximum atomic E-state index is 12.3. The molecule has 0 saturated heterocycles. The molecule has 0 fully saturated rings. The normalized spacial score (nSPS) is 10.4. The van der Waals surface area contributed by atoms with Gasteiger partial charge in [-0.15, -0.1) is 0 Å². The van der Waals surface area contributed by atoms with Crippen LogP contribution >= 0.6 is 0 Å². The molecule has 4 nitrogen and oxygen atoms in total. The molecule has 0 aliphatic carbocycles. The Morgan fingerprint density at radius 2 is 1.82 bits per heavy atom. The zero-order valence-electron chi connectivity index (χ0n) is 13.1. The van der Waals surface area contributed by atoms with Gasteiger partial charge in [-0.2, -0.15) is 0 Å². The molecule has 1 amide bonds. The van der Waals surface area contributed by atoms with Gasteiger partial charge in [0.1, 0.15) is 11.5 Å². The van der Waals surface area contributed by atoms with Crippen molar-refractivity contribution in [3.8, 4) is 11.5 Å². The molecule has 2 rings (SSSR count). The number of ether oxygens (including phenoxy) is 2. The van der Waals surface area contributed by atoms with Crippen molar-refractivity contribution in [3.05, 3.63) is 54.1 Å². The number of nitrogens with one attached hydrogen (secondary N) is 1. The lowest BCUT2D eigenvalue weighted by atomic mass is 10.2. The van der Waals surface area contributed by atoms with Gasteiger partial charge in [0.2, 0.25) is 0 Å². The summed E-state index contributed by atoms with van der Waals surface area (Å²) < 4.78 is 10.8. The van der Waals surface area contributed by atoms with Crippen LogP contribution in [0.4, 0.5) is 5.69 Å². The first kappa shape index (κ1) is 15.9. The lowest BCUT2D eigenvalue weighted by molar-refractivity contribution is 0.102. The Kier molecular flexibility index (Phi) is 5.42. The van der Waals surface area contributed by atoms with Crippen LogP contribution in [0.5, 0.6) is 11.5 Å². The van der Waals surface area contributed by atoms with Crippen LogP contribution in [0.25, 0.3) is 0 Å². The number of methoxy groups -OCH3 is 1. The maximum absolute atomic E-state index is 12.3. The molecular weight excluding hydrogens is 278 g/mol. The lowest BCUT2D eigenvalue weighted by Crippen LogP contribution is -2.12. The van der Waals surface area contributed by atoms with E-state index in [1.54, 1.807) is 25.3 Å². The van der Waals surface area contributed by atoms with Crippen molar-refractivity contribution in [3.63, 3.8) is 0 Å². The molecule has 0 aliphatic rings. The minimum Gasteiger partial charge on any atom is -0.497 e. The predicted molar refractivity (Wildman–Crippen MR) is 87.7 cm³/mol. The van der Waals surface area contributed by atoms with Gasteiger partial charge in [-0.25, -0.2) is 0 Å². The SMILES string of the molecule is COc1cccc(NC(=O)c2cccc(OCC(C)C)c2)c1. The zero-order valence-corrected chi connectivity index (χ0v) is 13.1. The number of anilines is 1. The van der Waals surface area contributed by atoms with Gasteiger partial charge in [-0.05, 0) is 36.2 Å². The number of carbonyl (C=O) groups is 1. The van der Waals surface area contributed by atoms with Gasteiger partial charge in [0, 0.05) is 17.3 Å². The van der Waals surface area contributed by atoms with Crippen LogP contribution in [-0.4, -0.2) is 19.6 Å². The lowest BCUT2D eigenvalue weighted by Gasteiger charge is -2.10. The summed E-state index contributed by atoms with van der Waals surface area (Å²) in [7, 11) is 1.59. The van der Waals surface area contributed by atoms with Crippen molar-refractivity contribution in [1.82, 2.24) is 0 Å². The minimum absolute atomic E-state index is 0.178. The smallest absolute Gasteiger partial charge is 0.255 e. The Labute approximate surface area is 131 Å². The van der Waals surface area contributed by atoms with Crippen molar-refractivity contribution in [2.45, 2.75) is 13.8 Å². The Balaban J connectivity index is 2.07. The van der Waals surface area contributed by atoms with Crippen molar-refractivity contribution in [1.29, 1.82) is 0 Å². The first-order chi connectivity index (χ1) is 10.6. The van der Waals surface area contributed by atoms with Gasteiger partial charge in [0.05, 0.1) is 13.7 Å². The van der Waals surface area contributed by atoms with Gasteiger partial charge in [0.25, 0.3) is 5.91 Å². The van der Waals surface area contributed by atoms with Crippen LogP contribution < -0.4 is 14.8 Å². The standard InChI is InChI=1S/C18H21NO3/c1-13(2)12-22-17-9-4-6-14(10-17)18(20)19-15-7-5-8-16(11-15)21-3/h4-11,13H,12H2,1-3H3,(H,19,20).